The Balaban J connectivity index is 1.45. The van der Waals surface area contributed by atoms with Crippen molar-refractivity contribution in [1.82, 2.24) is 15.5 Å². The molecule has 0 atom stereocenters. The zero-order valence-corrected chi connectivity index (χ0v) is 16.5. The average molecular weight is 372 g/mol. The summed E-state index contributed by atoms with van der Waals surface area (Å²) in [4.78, 5) is 26.8. The van der Waals surface area contributed by atoms with Crippen LogP contribution in [0.5, 0.6) is 0 Å². The summed E-state index contributed by atoms with van der Waals surface area (Å²) >= 11 is 0. The predicted molar refractivity (Wildman–Crippen MR) is 107 cm³/mol. The maximum atomic E-state index is 12.7. The van der Waals surface area contributed by atoms with Crippen LogP contribution in [0.4, 0.5) is 0 Å². The standard InChI is InChI=1S/C22H33N3O2/c1-23-13-10-17-11-14-25(15-12-17)22(27)20-8-6-18(7-9-20)16-24-21(26)19-4-2-3-5-19/h6-9,17,19,23H,2-5,10-16H2,1H3,(H,24,26). The Morgan fingerprint density at radius 1 is 1.04 bits per heavy atom. The molecule has 2 aliphatic rings. The van der Waals surface area contributed by atoms with Gasteiger partial charge >= 0.3 is 0 Å². The number of nitrogens with one attached hydrogen (secondary N) is 2. The van der Waals surface area contributed by atoms with Crippen LogP contribution in [0.15, 0.2) is 24.3 Å². The highest BCUT2D eigenvalue weighted by Crippen LogP contribution is 2.25. The summed E-state index contributed by atoms with van der Waals surface area (Å²) in [5, 5.41) is 6.24. The molecule has 1 aliphatic carbocycles. The van der Waals surface area contributed by atoms with Gasteiger partial charge in [0.25, 0.3) is 5.91 Å². The second-order valence-electron chi connectivity index (χ2n) is 8.02. The normalized spacial score (nSPS) is 18.6. The first kappa shape index (κ1) is 19.9. The highest BCUT2D eigenvalue weighted by Gasteiger charge is 2.24. The number of nitrogens with zero attached hydrogens (tertiary/aromatic N) is 1. The van der Waals surface area contributed by atoms with Crippen molar-refractivity contribution in [1.29, 1.82) is 0 Å². The molecule has 0 aromatic heterocycles. The van der Waals surface area contributed by atoms with E-state index in [4.69, 9.17) is 0 Å². The second kappa shape index (κ2) is 9.88. The van der Waals surface area contributed by atoms with Crippen LogP contribution in [0.3, 0.4) is 0 Å². The van der Waals surface area contributed by atoms with Gasteiger partial charge < -0.3 is 15.5 Å². The molecule has 27 heavy (non-hydrogen) atoms. The molecule has 1 aromatic rings. The number of carbonyl (C=O) groups excluding carboxylic acids is 2. The van der Waals surface area contributed by atoms with Crippen LogP contribution in [0, 0.1) is 11.8 Å². The molecule has 1 heterocycles. The Labute approximate surface area is 162 Å². The molecule has 2 fully saturated rings. The first-order valence-corrected chi connectivity index (χ1v) is 10.5. The van der Waals surface area contributed by atoms with Crippen LogP contribution in [0.1, 0.15) is 60.9 Å². The number of hydrogen-bond acceptors (Lipinski definition) is 3. The SMILES string of the molecule is CNCCC1CCN(C(=O)c2ccc(CNC(=O)C3CCCC3)cc2)CC1. The number of benzene rings is 1. The van der Waals surface area contributed by atoms with Crippen LogP contribution in [0.2, 0.25) is 0 Å². The Kier molecular flexibility index (Phi) is 7.27. The smallest absolute Gasteiger partial charge is 0.253 e. The number of hydrogen-bond donors (Lipinski definition) is 2. The van der Waals surface area contributed by atoms with Crippen LogP contribution in [-0.4, -0.2) is 43.4 Å². The molecule has 0 spiro atoms. The molecule has 1 aromatic carbocycles. The minimum absolute atomic E-state index is 0.128. The van der Waals surface area contributed by atoms with E-state index in [1.165, 1.54) is 19.3 Å². The van der Waals surface area contributed by atoms with E-state index in [0.29, 0.717) is 6.54 Å². The molecule has 1 saturated heterocycles. The summed E-state index contributed by atoms with van der Waals surface area (Å²) in [6, 6.07) is 7.71. The molecule has 0 radical (unpaired) electrons. The molecule has 3 rings (SSSR count). The van der Waals surface area contributed by atoms with Crippen molar-refractivity contribution < 1.29 is 9.59 Å². The number of likely N-dealkylation sites (tertiary alicyclic amines) is 1. The van der Waals surface area contributed by atoms with Gasteiger partial charge in [-0.15, -0.1) is 0 Å². The van der Waals surface area contributed by atoms with Gasteiger partial charge in [-0.3, -0.25) is 9.59 Å². The summed E-state index contributed by atoms with van der Waals surface area (Å²) in [6.45, 7) is 3.30. The number of amides is 2. The van der Waals surface area contributed by atoms with E-state index in [0.717, 1.165) is 62.4 Å². The lowest BCUT2D eigenvalue weighted by atomic mass is 9.93. The van der Waals surface area contributed by atoms with Gasteiger partial charge in [-0.05, 0) is 69.3 Å². The summed E-state index contributed by atoms with van der Waals surface area (Å²) in [6.07, 6.45) is 7.76. The molecular weight excluding hydrogens is 338 g/mol. The summed E-state index contributed by atoms with van der Waals surface area (Å²) in [7, 11) is 1.99. The Hall–Kier alpha value is -1.88. The highest BCUT2D eigenvalue weighted by atomic mass is 16.2. The second-order valence-corrected chi connectivity index (χ2v) is 8.02. The van der Waals surface area contributed by atoms with Crippen molar-refractivity contribution >= 4 is 11.8 Å². The third-order valence-corrected chi connectivity index (χ3v) is 6.10. The topological polar surface area (TPSA) is 61.4 Å². The number of piperidine rings is 1. The zero-order chi connectivity index (χ0) is 19.1. The number of rotatable bonds is 7. The lowest BCUT2D eigenvalue weighted by molar-refractivity contribution is -0.124. The molecule has 5 nitrogen and oxygen atoms in total. The minimum atomic E-state index is 0.128. The minimum Gasteiger partial charge on any atom is -0.352 e. The fourth-order valence-corrected chi connectivity index (χ4v) is 4.24. The Morgan fingerprint density at radius 3 is 2.33 bits per heavy atom. The predicted octanol–water partition coefficient (Wildman–Crippen LogP) is 2.95. The van der Waals surface area contributed by atoms with Crippen molar-refractivity contribution in [2.75, 3.05) is 26.7 Å². The summed E-state index contributed by atoms with van der Waals surface area (Å²) < 4.78 is 0. The van der Waals surface area contributed by atoms with E-state index in [2.05, 4.69) is 10.6 Å². The van der Waals surface area contributed by atoms with Gasteiger partial charge in [0.1, 0.15) is 0 Å². The van der Waals surface area contributed by atoms with E-state index in [-0.39, 0.29) is 17.7 Å². The van der Waals surface area contributed by atoms with Gasteiger partial charge in [0.05, 0.1) is 0 Å². The van der Waals surface area contributed by atoms with Crippen LogP contribution >= 0.6 is 0 Å². The number of carbonyl (C=O) groups is 2. The van der Waals surface area contributed by atoms with E-state index in [1.807, 2.05) is 36.2 Å². The molecule has 0 unspecified atom stereocenters. The van der Waals surface area contributed by atoms with Crippen LogP contribution < -0.4 is 10.6 Å². The largest absolute Gasteiger partial charge is 0.352 e. The summed E-state index contributed by atoms with van der Waals surface area (Å²) in [5.41, 5.74) is 1.79. The van der Waals surface area contributed by atoms with E-state index in [1.54, 1.807) is 0 Å². The molecule has 5 heteroatoms. The molecule has 2 N–H and O–H groups in total. The van der Waals surface area contributed by atoms with Gasteiger partial charge in [0, 0.05) is 31.1 Å². The van der Waals surface area contributed by atoms with Crippen LogP contribution in [0.25, 0.3) is 0 Å². The average Bonchev–Trinajstić information content (AvgIpc) is 3.26. The van der Waals surface area contributed by atoms with Gasteiger partial charge in [0.2, 0.25) is 5.91 Å². The fourth-order valence-electron chi connectivity index (χ4n) is 4.24. The van der Waals surface area contributed by atoms with Gasteiger partial charge in [-0.25, -0.2) is 0 Å². The molecule has 148 valence electrons. The van der Waals surface area contributed by atoms with E-state index >= 15 is 0 Å². The molecule has 1 saturated carbocycles. The molecule has 2 amide bonds. The fraction of sp³-hybridized carbons (Fsp3) is 0.636. The first-order valence-electron chi connectivity index (χ1n) is 10.5. The van der Waals surface area contributed by atoms with Gasteiger partial charge in [0.15, 0.2) is 0 Å². The maximum absolute atomic E-state index is 12.7. The third kappa shape index (κ3) is 5.55. The summed E-state index contributed by atoms with van der Waals surface area (Å²) in [5.74, 6) is 1.23. The third-order valence-electron chi connectivity index (χ3n) is 6.10. The van der Waals surface area contributed by atoms with Crippen LogP contribution in [-0.2, 0) is 11.3 Å². The molecule has 0 bridgehead atoms. The van der Waals surface area contributed by atoms with Crippen molar-refractivity contribution in [3.05, 3.63) is 35.4 Å². The zero-order valence-electron chi connectivity index (χ0n) is 16.5. The Morgan fingerprint density at radius 2 is 1.70 bits per heavy atom. The van der Waals surface area contributed by atoms with Crippen molar-refractivity contribution in [3.63, 3.8) is 0 Å². The highest BCUT2D eigenvalue weighted by molar-refractivity contribution is 5.94. The first-order chi connectivity index (χ1) is 13.2. The maximum Gasteiger partial charge on any atom is 0.253 e. The van der Waals surface area contributed by atoms with Gasteiger partial charge in [-0.1, -0.05) is 25.0 Å². The van der Waals surface area contributed by atoms with E-state index < -0.39 is 0 Å². The lowest BCUT2D eigenvalue weighted by Crippen LogP contribution is -2.39. The van der Waals surface area contributed by atoms with Gasteiger partial charge in [-0.2, -0.15) is 0 Å². The molecular formula is C22H33N3O2. The van der Waals surface area contributed by atoms with E-state index in [9.17, 15) is 9.59 Å². The molecule has 1 aliphatic heterocycles. The van der Waals surface area contributed by atoms with Crippen molar-refractivity contribution in [2.24, 2.45) is 11.8 Å². The quantitative estimate of drug-likeness (QED) is 0.775. The van der Waals surface area contributed by atoms with Crippen molar-refractivity contribution in [3.8, 4) is 0 Å². The lowest BCUT2D eigenvalue weighted by Gasteiger charge is -2.32. The monoisotopic (exact) mass is 371 g/mol. The van der Waals surface area contributed by atoms with Crippen molar-refractivity contribution in [2.45, 2.75) is 51.5 Å². The Bertz CT molecular complexity index is 615.